The molecule has 0 bridgehead atoms. The predicted octanol–water partition coefficient (Wildman–Crippen LogP) is 3.29. The van der Waals surface area contributed by atoms with Crippen molar-refractivity contribution >= 4 is 5.97 Å². The van der Waals surface area contributed by atoms with E-state index in [2.05, 4.69) is 0 Å². The molecule has 0 aromatic heterocycles. The molecule has 0 fully saturated rings. The topological polar surface area (TPSA) is 40.5 Å². The van der Waals surface area contributed by atoms with Crippen LogP contribution in [0, 0.1) is 0 Å². The molecule has 1 N–H and O–H groups in total. The standard InChI is InChI=1S/C12H22F3NO2/c1-9(2)16(8-6-11(17)18)10(3)5-4-7-12(13,14)15/h9-10H,4-8H2,1-3H3,(H,17,18). The number of hydrogen-bond donors (Lipinski definition) is 1. The second-order valence-electron chi connectivity index (χ2n) is 4.83. The van der Waals surface area contributed by atoms with Crippen LogP contribution in [0.3, 0.4) is 0 Å². The van der Waals surface area contributed by atoms with Gasteiger partial charge in [-0.1, -0.05) is 0 Å². The summed E-state index contributed by atoms with van der Waals surface area (Å²) in [5, 5.41) is 8.63. The van der Waals surface area contributed by atoms with Crippen molar-refractivity contribution in [1.82, 2.24) is 4.90 Å². The zero-order valence-corrected chi connectivity index (χ0v) is 11.1. The molecular weight excluding hydrogens is 247 g/mol. The number of nitrogens with zero attached hydrogens (tertiary/aromatic N) is 1. The Bertz CT molecular complexity index is 254. The number of halogens is 3. The molecule has 18 heavy (non-hydrogen) atoms. The van der Waals surface area contributed by atoms with Crippen molar-refractivity contribution in [3.8, 4) is 0 Å². The third kappa shape index (κ3) is 8.33. The fourth-order valence-corrected chi connectivity index (χ4v) is 1.98. The van der Waals surface area contributed by atoms with E-state index in [0.29, 0.717) is 13.0 Å². The summed E-state index contributed by atoms with van der Waals surface area (Å²) in [6, 6.07) is 0.0944. The van der Waals surface area contributed by atoms with Crippen LogP contribution in [-0.4, -0.2) is 40.8 Å². The minimum Gasteiger partial charge on any atom is -0.481 e. The first-order chi connectivity index (χ1) is 8.13. The summed E-state index contributed by atoms with van der Waals surface area (Å²) in [5.74, 6) is -0.886. The van der Waals surface area contributed by atoms with E-state index in [4.69, 9.17) is 5.11 Å². The summed E-state index contributed by atoms with van der Waals surface area (Å²) in [6.45, 7) is 6.06. The van der Waals surface area contributed by atoms with Crippen LogP contribution >= 0.6 is 0 Å². The van der Waals surface area contributed by atoms with Crippen LogP contribution < -0.4 is 0 Å². The molecule has 0 spiro atoms. The molecule has 0 heterocycles. The van der Waals surface area contributed by atoms with Gasteiger partial charge in [-0.2, -0.15) is 13.2 Å². The van der Waals surface area contributed by atoms with Crippen LogP contribution in [0.5, 0.6) is 0 Å². The van der Waals surface area contributed by atoms with E-state index in [1.165, 1.54) is 0 Å². The summed E-state index contributed by atoms with van der Waals surface area (Å²) in [6.07, 6.45) is -4.36. The van der Waals surface area contributed by atoms with Gasteiger partial charge in [0.1, 0.15) is 0 Å². The SMILES string of the molecule is CC(C)N(CCC(=O)O)C(C)CCCC(F)(F)F. The van der Waals surface area contributed by atoms with Crippen LogP contribution in [0.1, 0.15) is 46.5 Å². The van der Waals surface area contributed by atoms with Gasteiger partial charge in [0.2, 0.25) is 0 Å². The largest absolute Gasteiger partial charge is 0.481 e. The highest BCUT2D eigenvalue weighted by Crippen LogP contribution is 2.23. The van der Waals surface area contributed by atoms with Gasteiger partial charge in [0.15, 0.2) is 0 Å². The van der Waals surface area contributed by atoms with Crippen LogP contribution in [0.4, 0.5) is 13.2 Å². The van der Waals surface area contributed by atoms with Crippen molar-refractivity contribution in [2.24, 2.45) is 0 Å². The van der Waals surface area contributed by atoms with Crippen LogP contribution in [0.2, 0.25) is 0 Å². The van der Waals surface area contributed by atoms with Crippen LogP contribution in [0.15, 0.2) is 0 Å². The lowest BCUT2D eigenvalue weighted by molar-refractivity contribution is -0.137. The predicted molar refractivity (Wildman–Crippen MR) is 63.5 cm³/mol. The highest BCUT2D eigenvalue weighted by Gasteiger charge is 2.27. The van der Waals surface area contributed by atoms with Crippen molar-refractivity contribution in [2.45, 2.75) is 64.7 Å². The molecule has 3 nitrogen and oxygen atoms in total. The van der Waals surface area contributed by atoms with Crippen molar-refractivity contribution < 1.29 is 23.1 Å². The van der Waals surface area contributed by atoms with Crippen molar-refractivity contribution in [1.29, 1.82) is 0 Å². The van der Waals surface area contributed by atoms with E-state index in [-0.39, 0.29) is 24.9 Å². The molecule has 0 saturated carbocycles. The molecule has 0 amide bonds. The minimum atomic E-state index is -4.11. The van der Waals surface area contributed by atoms with E-state index in [9.17, 15) is 18.0 Å². The first-order valence-electron chi connectivity index (χ1n) is 6.17. The third-order valence-electron chi connectivity index (χ3n) is 2.90. The second kappa shape index (κ2) is 7.61. The summed E-state index contributed by atoms with van der Waals surface area (Å²) < 4.78 is 36.1. The molecule has 0 saturated heterocycles. The van der Waals surface area contributed by atoms with Gasteiger partial charge in [-0.3, -0.25) is 9.69 Å². The summed E-state index contributed by atoms with van der Waals surface area (Å²) in [5.41, 5.74) is 0. The highest BCUT2D eigenvalue weighted by molar-refractivity contribution is 5.66. The van der Waals surface area contributed by atoms with E-state index >= 15 is 0 Å². The quantitative estimate of drug-likeness (QED) is 0.735. The molecule has 0 aliphatic heterocycles. The van der Waals surface area contributed by atoms with Gasteiger partial charge in [-0.15, -0.1) is 0 Å². The van der Waals surface area contributed by atoms with Gasteiger partial charge < -0.3 is 5.11 Å². The van der Waals surface area contributed by atoms with E-state index in [1.807, 2.05) is 25.7 Å². The maximum absolute atomic E-state index is 12.0. The zero-order valence-electron chi connectivity index (χ0n) is 11.1. The van der Waals surface area contributed by atoms with E-state index in [0.717, 1.165) is 0 Å². The number of carboxylic acid groups (broad SMARTS) is 1. The summed E-state index contributed by atoms with van der Waals surface area (Å²) in [7, 11) is 0. The third-order valence-corrected chi connectivity index (χ3v) is 2.90. The Labute approximate surface area is 106 Å². The first-order valence-corrected chi connectivity index (χ1v) is 6.17. The van der Waals surface area contributed by atoms with Crippen molar-refractivity contribution in [3.63, 3.8) is 0 Å². The number of alkyl halides is 3. The lowest BCUT2D eigenvalue weighted by atomic mass is 10.1. The van der Waals surface area contributed by atoms with Gasteiger partial charge in [-0.25, -0.2) is 0 Å². The Balaban J connectivity index is 4.14. The number of rotatable bonds is 8. The van der Waals surface area contributed by atoms with Crippen LogP contribution in [0.25, 0.3) is 0 Å². The molecule has 6 heteroatoms. The van der Waals surface area contributed by atoms with Gasteiger partial charge in [0.25, 0.3) is 0 Å². The minimum absolute atomic E-state index is 0.0157. The summed E-state index contributed by atoms with van der Waals surface area (Å²) in [4.78, 5) is 12.5. The Morgan fingerprint density at radius 3 is 2.22 bits per heavy atom. The molecule has 0 aliphatic rings. The maximum atomic E-state index is 12.0. The number of aliphatic carboxylic acids is 1. The average molecular weight is 269 g/mol. The Hall–Kier alpha value is -0.780. The normalized spacial score (nSPS) is 14.2. The second-order valence-corrected chi connectivity index (χ2v) is 4.83. The Morgan fingerprint density at radius 2 is 1.83 bits per heavy atom. The Morgan fingerprint density at radius 1 is 1.28 bits per heavy atom. The van der Waals surface area contributed by atoms with Crippen molar-refractivity contribution in [3.05, 3.63) is 0 Å². The van der Waals surface area contributed by atoms with Gasteiger partial charge >= 0.3 is 12.1 Å². The van der Waals surface area contributed by atoms with Gasteiger partial charge in [0.05, 0.1) is 6.42 Å². The molecule has 1 unspecified atom stereocenters. The summed E-state index contributed by atoms with van der Waals surface area (Å²) >= 11 is 0. The average Bonchev–Trinajstić information content (AvgIpc) is 2.14. The van der Waals surface area contributed by atoms with Gasteiger partial charge in [0, 0.05) is 25.0 Å². The monoisotopic (exact) mass is 269 g/mol. The molecule has 0 aromatic carbocycles. The molecule has 108 valence electrons. The maximum Gasteiger partial charge on any atom is 0.389 e. The highest BCUT2D eigenvalue weighted by atomic mass is 19.4. The fourth-order valence-electron chi connectivity index (χ4n) is 1.98. The molecule has 0 radical (unpaired) electrons. The lowest BCUT2D eigenvalue weighted by Gasteiger charge is -2.32. The first kappa shape index (κ1) is 17.2. The molecule has 1 atom stereocenters. The van der Waals surface area contributed by atoms with Gasteiger partial charge in [-0.05, 0) is 33.6 Å². The molecule has 0 aliphatic carbocycles. The zero-order chi connectivity index (χ0) is 14.3. The Kier molecular flexibility index (Phi) is 7.28. The molecular formula is C12H22F3NO2. The van der Waals surface area contributed by atoms with Crippen LogP contribution in [-0.2, 0) is 4.79 Å². The fraction of sp³-hybridized carbons (Fsp3) is 0.917. The van der Waals surface area contributed by atoms with E-state index < -0.39 is 18.6 Å². The smallest absolute Gasteiger partial charge is 0.389 e. The molecule has 0 rings (SSSR count). The number of hydrogen-bond acceptors (Lipinski definition) is 2. The number of carboxylic acids is 1. The van der Waals surface area contributed by atoms with E-state index in [1.54, 1.807) is 0 Å². The number of carbonyl (C=O) groups is 1. The van der Waals surface area contributed by atoms with Crippen molar-refractivity contribution in [2.75, 3.05) is 6.54 Å². The molecule has 0 aromatic rings. The lowest BCUT2D eigenvalue weighted by Crippen LogP contribution is -2.40.